The fourth-order valence-electron chi connectivity index (χ4n) is 1.27. The summed E-state index contributed by atoms with van der Waals surface area (Å²) in [5.41, 5.74) is 0.370. The summed E-state index contributed by atoms with van der Waals surface area (Å²) >= 11 is 3.26. The van der Waals surface area contributed by atoms with E-state index in [1.54, 1.807) is 24.4 Å². The second-order valence-corrected chi connectivity index (χ2v) is 4.05. The van der Waals surface area contributed by atoms with Gasteiger partial charge in [0.1, 0.15) is 17.8 Å². The summed E-state index contributed by atoms with van der Waals surface area (Å²) in [7, 11) is 0. The summed E-state index contributed by atoms with van der Waals surface area (Å²) in [6, 6.07) is 6.29. The Morgan fingerprint density at radius 3 is 2.82 bits per heavy atom. The summed E-state index contributed by atoms with van der Waals surface area (Å²) in [6.07, 6.45) is 2.92. The smallest absolute Gasteiger partial charge is 0.292 e. The van der Waals surface area contributed by atoms with Crippen molar-refractivity contribution in [1.29, 1.82) is 0 Å². The molecule has 7 heteroatoms. The number of nitrogens with zero attached hydrogens (tertiary/aromatic N) is 3. The van der Waals surface area contributed by atoms with Crippen LogP contribution in [0.5, 0.6) is 0 Å². The minimum absolute atomic E-state index is 0.00758. The molecule has 1 aromatic heterocycles. The van der Waals surface area contributed by atoms with E-state index in [1.807, 2.05) is 0 Å². The number of nitro benzene ring substituents is 1. The van der Waals surface area contributed by atoms with Crippen LogP contribution >= 0.6 is 15.9 Å². The van der Waals surface area contributed by atoms with Crippen molar-refractivity contribution in [3.05, 3.63) is 51.4 Å². The van der Waals surface area contributed by atoms with Crippen molar-refractivity contribution < 1.29 is 4.92 Å². The highest BCUT2D eigenvalue weighted by atomic mass is 79.9. The van der Waals surface area contributed by atoms with Gasteiger partial charge in [-0.25, -0.2) is 9.97 Å². The van der Waals surface area contributed by atoms with Crippen molar-refractivity contribution in [3.63, 3.8) is 0 Å². The van der Waals surface area contributed by atoms with E-state index in [-0.39, 0.29) is 5.69 Å². The second kappa shape index (κ2) is 4.88. The fraction of sp³-hybridized carbons (Fsp3) is 0. The Morgan fingerprint density at radius 1 is 1.35 bits per heavy atom. The average Bonchev–Trinajstić information content (AvgIpc) is 2.30. The van der Waals surface area contributed by atoms with Gasteiger partial charge in [-0.3, -0.25) is 10.1 Å². The molecule has 0 bridgehead atoms. The van der Waals surface area contributed by atoms with Crippen LogP contribution in [-0.2, 0) is 0 Å². The zero-order valence-electron chi connectivity index (χ0n) is 8.50. The predicted molar refractivity (Wildman–Crippen MR) is 66.1 cm³/mol. The molecule has 1 aromatic carbocycles. The first-order valence-electron chi connectivity index (χ1n) is 4.64. The standard InChI is InChI=1S/C10H7BrN4O2/c11-7-1-2-9(15(16)17)8(5-7)14-10-3-4-12-6-13-10/h1-6H,(H,12,13,14). The van der Waals surface area contributed by atoms with Gasteiger partial charge >= 0.3 is 0 Å². The van der Waals surface area contributed by atoms with E-state index in [9.17, 15) is 10.1 Å². The van der Waals surface area contributed by atoms with Gasteiger partial charge in [0.25, 0.3) is 5.69 Å². The van der Waals surface area contributed by atoms with Crippen molar-refractivity contribution in [2.75, 3.05) is 5.32 Å². The van der Waals surface area contributed by atoms with Crippen LogP contribution in [0.15, 0.2) is 41.3 Å². The predicted octanol–water partition coefficient (Wildman–Crippen LogP) is 2.89. The number of nitrogens with one attached hydrogen (secondary N) is 1. The van der Waals surface area contributed by atoms with Crippen molar-refractivity contribution in [2.24, 2.45) is 0 Å². The zero-order valence-corrected chi connectivity index (χ0v) is 10.1. The molecule has 0 aliphatic carbocycles. The van der Waals surface area contributed by atoms with E-state index in [4.69, 9.17) is 0 Å². The molecule has 0 fully saturated rings. The molecule has 6 nitrogen and oxygen atoms in total. The largest absolute Gasteiger partial charge is 0.334 e. The molecule has 0 saturated heterocycles. The number of nitro groups is 1. The van der Waals surface area contributed by atoms with Crippen LogP contribution in [0.3, 0.4) is 0 Å². The lowest BCUT2D eigenvalue weighted by Crippen LogP contribution is -1.98. The Hall–Kier alpha value is -2.02. The Balaban J connectivity index is 2.37. The van der Waals surface area contributed by atoms with Gasteiger partial charge in [0.2, 0.25) is 0 Å². The lowest BCUT2D eigenvalue weighted by atomic mass is 10.2. The summed E-state index contributed by atoms with van der Waals surface area (Å²) in [5, 5.41) is 13.7. The minimum atomic E-state index is -0.448. The molecule has 86 valence electrons. The first kappa shape index (κ1) is 11.5. The summed E-state index contributed by atoms with van der Waals surface area (Å²) < 4.78 is 0.750. The highest BCUT2D eigenvalue weighted by molar-refractivity contribution is 9.10. The Morgan fingerprint density at radius 2 is 2.18 bits per heavy atom. The van der Waals surface area contributed by atoms with E-state index in [0.29, 0.717) is 11.5 Å². The van der Waals surface area contributed by atoms with Gasteiger partial charge in [0.15, 0.2) is 0 Å². The number of aromatic nitrogens is 2. The number of benzene rings is 1. The maximum atomic E-state index is 10.8. The van der Waals surface area contributed by atoms with E-state index >= 15 is 0 Å². The molecule has 0 saturated carbocycles. The van der Waals surface area contributed by atoms with Crippen LogP contribution in [0.4, 0.5) is 17.2 Å². The molecule has 2 rings (SSSR count). The van der Waals surface area contributed by atoms with Crippen LogP contribution in [0, 0.1) is 10.1 Å². The molecule has 1 N–H and O–H groups in total. The van der Waals surface area contributed by atoms with Crippen LogP contribution in [-0.4, -0.2) is 14.9 Å². The van der Waals surface area contributed by atoms with Crippen LogP contribution in [0.25, 0.3) is 0 Å². The molecule has 0 atom stereocenters. The van der Waals surface area contributed by atoms with Crippen molar-refractivity contribution in [2.45, 2.75) is 0 Å². The van der Waals surface area contributed by atoms with E-state index in [1.165, 1.54) is 12.4 Å². The van der Waals surface area contributed by atoms with Gasteiger partial charge in [-0.2, -0.15) is 0 Å². The molecule has 2 aromatic rings. The quantitative estimate of drug-likeness (QED) is 0.695. The maximum absolute atomic E-state index is 10.8. The zero-order chi connectivity index (χ0) is 12.3. The number of hydrogen-bond acceptors (Lipinski definition) is 5. The lowest BCUT2D eigenvalue weighted by Gasteiger charge is -2.05. The maximum Gasteiger partial charge on any atom is 0.292 e. The molecule has 0 spiro atoms. The highest BCUT2D eigenvalue weighted by Crippen LogP contribution is 2.29. The van der Waals surface area contributed by atoms with Gasteiger partial charge in [-0.1, -0.05) is 15.9 Å². The van der Waals surface area contributed by atoms with E-state index < -0.39 is 4.92 Å². The minimum Gasteiger partial charge on any atom is -0.334 e. The SMILES string of the molecule is O=[N+]([O-])c1ccc(Br)cc1Nc1ccncn1. The molecule has 1 heterocycles. The van der Waals surface area contributed by atoms with Gasteiger partial charge in [0.05, 0.1) is 4.92 Å². The first-order valence-corrected chi connectivity index (χ1v) is 5.43. The number of anilines is 2. The third kappa shape index (κ3) is 2.76. The Bertz CT molecular complexity index is 547. The average molecular weight is 295 g/mol. The number of rotatable bonds is 3. The van der Waals surface area contributed by atoms with Crippen molar-refractivity contribution in [3.8, 4) is 0 Å². The molecule has 0 amide bonds. The number of hydrogen-bond donors (Lipinski definition) is 1. The van der Waals surface area contributed by atoms with Crippen molar-refractivity contribution in [1.82, 2.24) is 9.97 Å². The molecule has 0 aliphatic heterocycles. The third-order valence-electron chi connectivity index (χ3n) is 2.00. The molecule has 0 radical (unpaired) electrons. The van der Waals surface area contributed by atoms with E-state index in [0.717, 1.165) is 4.47 Å². The first-order chi connectivity index (χ1) is 8.16. The molecule has 0 unspecified atom stereocenters. The summed E-state index contributed by atoms with van der Waals surface area (Å²) in [5.74, 6) is 0.501. The van der Waals surface area contributed by atoms with Gasteiger partial charge in [0, 0.05) is 16.7 Å². The van der Waals surface area contributed by atoms with Crippen LogP contribution in [0.1, 0.15) is 0 Å². The molecular formula is C10H7BrN4O2. The molecular weight excluding hydrogens is 288 g/mol. The Labute approximate surface area is 105 Å². The van der Waals surface area contributed by atoms with Gasteiger partial charge in [-0.05, 0) is 18.2 Å². The van der Waals surface area contributed by atoms with Gasteiger partial charge in [-0.15, -0.1) is 0 Å². The highest BCUT2D eigenvalue weighted by Gasteiger charge is 2.14. The Kier molecular flexibility index (Phi) is 3.29. The lowest BCUT2D eigenvalue weighted by molar-refractivity contribution is -0.383. The molecule has 0 aliphatic rings. The third-order valence-corrected chi connectivity index (χ3v) is 2.49. The summed E-state index contributed by atoms with van der Waals surface area (Å²) in [4.78, 5) is 18.1. The topological polar surface area (TPSA) is 81.0 Å². The van der Waals surface area contributed by atoms with Gasteiger partial charge < -0.3 is 5.32 Å². The fourth-order valence-corrected chi connectivity index (χ4v) is 1.63. The van der Waals surface area contributed by atoms with E-state index in [2.05, 4.69) is 31.2 Å². The van der Waals surface area contributed by atoms with Crippen LogP contribution in [0.2, 0.25) is 0 Å². The number of halogens is 1. The summed E-state index contributed by atoms with van der Waals surface area (Å²) in [6.45, 7) is 0. The van der Waals surface area contributed by atoms with Crippen molar-refractivity contribution >= 4 is 33.1 Å². The second-order valence-electron chi connectivity index (χ2n) is 3.14. The monoisotopic (exact) mass is 294 g/mol. The normalized spacial score (nSPS) is 9.94. The molecule has 17 heavy (non-hydrogen) atoms. The van der Waals surface area contributed by atoms with Crippen LogP contribution < -0.4 is 5.32 Å².